The Hall–Kier alpha value is -2.04. The molecular weight excluding hydrogens is 204 g/mol. The van der Waals surface area contributed by atoms with Crippen LogP contribution in [0.4, 0.5) is 11.7 Å². The number of anilines is 2. The highest BCUT2D eigenvalue weighted by Gasteiger charge is 2.09. The average Bonchev–Trinajstić information content (AvgIpc) is 2.78. The van der Waals surface area contributed by atoms with Gasteiger partial charge in [0.25, 0.3) is 0 Å². The lowest BCUT2D eigenvalue weighted by Gasteiger charge is -2.03. The van der Waals surface area contributed by atoms with Gasteiger partial charge in [-0.2, -0.15) is 0 Å². The summed E-state index contributed by atoms with van der Waals surface area (Å²) in [5, 5.41) is 11.0. The fraction of sp³-hybridized carbons (Fsp3) is 0.273. The fourth-order valence-corrected chi connectivity index (χ4v) is 1.29. The van der Waals surface area contributed by atoms with Crippen molar-refractivity contribution in [2.45, 2.75) is 0 Å². The van der Waals surface area contributed by atoms with Gasteiger partial charge in [0.05, 0.1) is 0 Å². The Morgan fingerprint density at radius 2 is 1.81 bits per heavy atom. The normalized spacial score (nSPS) is 10.2. The zero-order valence-electron chi connectivity index (χ0n) is 9.56. The number of hydrogen-bond donors (Lipinski definition) is 1. The van der Waals surface area contributed by atoms with Crippen molar-refractivity contribution in [2.75, 3.05) is 31.4 Å². The van der Waals surface area contributed by atoms with Gasteiger partial charge in [-0.3, -0.25) is 0 Å². The Morgan fingerprint density at radius 3 is 2.31 bits per heavy atom. The second kappa shape index (κ2) is 4.22. The molecule has 2 rings (SSSR count). The summed E-state index contributed by atoms with van der Waals surface area (Å²) in [5.74, 6) is 0.534. The molecule has 0 saturated heterocycles. The maximum Gasteiger partial charge on any atom is 0.317 e. The van der Waals surface area contributed by atoms with Crippen molar-refractivity contribution in [1.82, 2.24) is 10.2 Å². The lowest BCUT2D eigenvalue weighted by molar-refractivity contribution is 0.566. The van der Waals surface area contributed by atoms with Crippen LogP contribution in [0.1, 0.15) is 0 Å². The van der Waals surface area contributed by atoms with Crippen molar-refractivity contribution in [3.63, 3.8) is 0 Å². The Bertz CT molecular complexity index is 461. The predicted molar refractivity (Wildman–Crippen MR) is 63.6 cm³/mol. The van der Waals surface area contributed by atoms with Gasteiger partial charge < -0.3 is 14.6 Å². The summed E-state index contributed by atoms with van der Waals surface area (Å²) >= 11 is 0. The van der Waals surface area contributed by atoms with E-state index >= 15 is 0 Å². The van der Waals surface area contributed by atoms with Gasteiger partial charge in [0.15, 0.2) is 0 Å². The first kappa shape index (κ1) is 10.5. The lowest BCUT2D eigenvalue weighted by atomic mass is 10.2. The van der Waals surface area contributed by atoms with Crippen molar-refractivity contribution in [2.24, 2.45) is 0 Å². The highest BCUT2D eigenvalue weighted by molar-refractivity contribution is 5.58. The van der Waals surface area contributed by atoms with E-state index in [1.54, 1.807) is 4.90 Å². The molecule has 1 N–H and O–H groups in total. The highest BCUT2D eigenvalue weighted by Crippen LogP contribution is 2.22. The molecule has 5 heteroatoms. The van der Waals surface area contributed by atoms with Crippen LogP contribution in [0.25, 0.3) is 11.5 Å². The lowest BCUT2D eigenvalue weighted by Crippen LogP contribution is -2.08. The van der Waals surface area contributed by atoms with Gasteiger partial charge in [-0.05, 0) is 24.3 Å². The number of rotatable bonds is 3. The average molecular weight is 218 g/mol. The molecule has 0 unspecified atom stereocenters. The van der Waals surface area contributed by atoms with Crippen molar-refractivity contribution >= 4 is 11.7 Å². The first-order valence-electron chi connectivity index (χ1n) is 4.99. The molecule has 0 fully saturated rings. The summed E-state index contributed by atoms with van der Waals surface area (Å²) in [7, 11) is 5.61. The molecule has 0 saturated carbocycles. The summed E-state index contributed by atoms with van der Waals surface area (Å²) in [6.07, 6.45) is 0. The molecule has 0 aliphatic carbocycles. The first-order valence-corrected chi connectivity index (χ1v) is 4.99. The van der Waals surface area contributed by atoms with Gasteiger partial charge in [-0.1, -0.05) is 5.10 Å². The number of benzene rings is 1. The second-order valence-electron chi connectivity index (χ2n) is 3.61. The van der Waals surface area contributed by atoms with Gasteiger partial charge in [0.2, 0.25) is 5.89 Å². The van der Waals surface area contributed by atoms with Crippen LogP contribution in [0, 0.1) is 0 Å². The van der Waals surface area contributed by atoms with E-state index in [2.05, 4.69) is 15.5 Å². The molecule has 84 valence electrons. The fourth-order valence-electron chi connectivity index (χ4n) is 1.29. The summed E-state index contributed by atoms with van der Waals surface area (Å²) < 4.78 is 5.49. The molecule has 1 heterocycles. The molecule has 0 aliphatic rings. The van der Waals surface area contributed by atoms with E-state index < -0.39 is 0 Å². The molecule has 0 aliphatic heterocycles. The van der Waals surface area contributed by atoms with Crippen LogP contribution in [0.5, 0.6) is 0 Å². The Labute approximate surface area is 94.1 Å². The Kier molecular flexibility index (Phi) is 2.76. The van der Waals surface area contributed by atoms with E-state index in [1.165, 1.54) is 0 Å². The van der Waals surface area contributed by atoms with Gasteiger partial charge >= 0.3 is 6.01 Å². The van der Waals surface area contributed by atoms with E-state index in [0.29, 0.717) is 11.9 Å². The van der Waals surface area contributed by atoms with E-state index in [9.17, 15) is 0 Å². The summed E-state index contributed by atoms with van der Waals surface area (Å²) in [5.41, 5.74) is 1.97. The SMILES string of the molecule is CNc1ccc(-c2nnc(N(C)C)o2)cc1. The molecule has 2 aromatic rings. The van der Waals surface area contributed by atoms with Crippen LogP contribution in [-0.2, 0) is 0 Å². The van der Waals surface area contributed by atoms with E-state index in [1.807, 2.05) is 45.4 Å². The Balaban J connectivity index is 2.28. The van der Waals surface area contributed by atoms with Crippen LogP contribution in [0.15, 0.2) is 28.7 Å². The largest absolute Gasteiger partial charge is 0.403 e. The maximum absolute atomic E-state index is 5.49. The van der Waals surface area contributed by atoms with E-state index in [0.717, 1.165) is 11.3 Å². The smallest absolute Gasteiger partial charge is 0.317 e. The standard InChI is InChI=1S/C11H14N4O/c1-12-9-6-4-8(5-7-9)10-13-14-11(16-10)15(2)3/h4-7,12H,1-3H3. The highest BCUT2D eigenvalue weighted by atomic mass is 16.4. The second-order valence-corrected chi connectivity index (χ2v) is 3.61. The zero-order chi connectivity index (χ0) is 11.5. The monoisotopic (exact) mass is 218 g/mol. The summed E-state index contributed by atoms with van der Waals surface area (Å²) in [4.78, 5) is 1.78. The molecule has 1 aromatic heterocycles. The van der Waals surface area contributed by atoms with Gasteiger partial charge in [-0.15, -0.1) is 5.10 Å². The van der Waals surface area contributed by atoms with Crippen molar-refractivity contribution in [1.29, 1.82) is 0 Å². The van der Waals surface area contributed by atoms with Crippen LogP contribution < -0.4 is 10.2 Å². The Morgan fingerprint density at radius 1 is 1.12 bits per heavy atom. The zero-order valence-corrected chi connectivity index (χ0v) is 9.56. The molecule has 1 aromatic carbocycles. The summed E-state index contributed by atoms with van der Waals surface area (Å²) in [6.45, 7) is 0. The minimum atomic E-state index is 0.507. The molecule has 16 heavy (non-hydrogen) atoms. The third-order valence-corrected chi connectivity index (χ3v) is 2.22. The molecule has 0 spiro atoms. The maximum atomic E-state index is 5.49. The third kappa shape index (κ3) is 1.98. The number of hydrogen-bond acceptors (Lipinski definition) is 5. The topological polar surface area (TPSA) is 54.2 Å². The van der Waals surface area contributed by atoms with Gasteiger partial charge in [-0.25, -0.2) is 0 Å². The van der Waals surface area contributed by atoms with Crippen LogP contribution >= 0.6 is 0 Å². The van der Waals surface area contributed by atoms with Crippen LogP contribution in [0.3, 0.4) is 0 Å². The molecule has 0 amide bonds. The quantitative estimate of drug-likeness (QED) is 0.852. The minimum absolute atomic E-state index is 0.507. The first-order chi connectivity index (χ1) is 7.70. The van der Waals surface area contributed by atoms with Gasteiger partial charge in [0, 0.05) is 32.4 Å². The summed E-state index contributed by atoms with van der Waals surface area (Å²) in [6, 6.07) is 8.33. The van der Waals surface area contributed by atoms with E-state index in [-0.39, 0.29) is 0 Å². The molecular formula is C11H14N4O. The molecule has 0 radical (unpaired) electrons. The van der Waals surface area contributed by atoms with Crippen molar-refractivity contribution < 1.29 is 4.42 Å². The predicted octanol–water partition coefficient (Wildman–Crippen LogP) is 1.84. The minimum Gasteiger partial charge on any atom is -0.403 e. The van der Waals surface area contributed by atoms with Crippen LogP contribution in [0.2, 0.25) is 0 Å². The number of nitrogens with zero attached hydrogens (tertiary/aromatic N) is 3. The third-order valence-electron chi connectivity index (χ3n) is 2.22. The van der Waals surface area contributed by atoms with Crippen molar-refractivity contribution in [3.8, 4) is 11.5 Å². The van der Waals surface area contributed by atoms with Crippen molar-refractivity contribution in [3.05, 3.63) is 24.3 Å². The number of nitrogens with one attached hydrogen (secondary N) is 1. The molecule has 5 nitrogen and oxygen atoms in total. The number of aromatic nitrogens is 2. The molecule has 0 atom stereocenters. The molecule has 0 bridgehead atoms. The van der Waals surface area contributed by atoms with Gasteiger partial charge in [0.1, 0.15) is 0 Å². The van der Waals surface area contributed by atoms with Crippen LogP contribution in [-0.4, -0.2) is 31.3 Å². The van der Waals surface area contributed by atoms with E-state index in [4.69, 9.17) is 4.42 Å².